The Morgan fingerprint density at radius 3 is 3.00 bits per heavy atom. The van der Waals surface area contributed by atoms with Crippen LogP contribution in [0.4, 0.5) is 0 Å². The molecular formula is C7H9IO. The molecule has 0 saturated carbocycles. The maximum Gasteiger partial charge on any atom is 0.192 e. The summed E-state index contributed by atoms with van der Waals surface area (Å²) in [6.45, 7) is 0. The van der Waals surface area contributed by atoms with Crippen LogP contribution in [0.15, 0.2) is 12.2 Å². The fraction of sp³-hybridized carbons (Fsp3) is 0.571. The summed E-state index contributed by atoms with van der Waals surface area (Å²) in [6, 6.07) is 0. The van der Waals surface area contributed by atoms with Crippen LogP contribution in [0.3, 0.4) is 0 Å². The molecular weight excluding hydrogens is 227 g/mol. The van der Waals surface area contributed by atoms with E-state index in [4.69, 9.17) is 0 Å². The number of carbonyl (C=O) groups is 1. The summed E-state index contributed by atoms with van der Waals surface area (Å²) in [5.41, 5.74) is 0. The third-order valence-corrected chi connectivity index (χ3v) is 1.98. The Kier molecular flexibility index (Phi) is 2.69. The standard InChI is InChI=1S/C7H9IO/c8-7(9)5-6-3-1-2-4-6/h1,3,6H,2,4-5H2. The van der Waals surface area contributed by atoms with E-state index in [2.05, 4.69) is 12.2 Å². The summed E-state index contributed by atoms with van der Waals surface area (Å²) >= 11 is 1.86. The van der Waals surface area contributed by atoms with Gasteiger partial charge in [0.1, 0.15) is 0 Å². The van der Waals surface area contributed by atoms with Gasteiger partial charge in [-0.15, -0.1) is 0 Å². The first kappa shape index (κ1) is 7.25. The lowest BCUT2D eigenvalue weighted by molar-refractivity contribution is -0.109. The van der Waals surface area contributed by atoms with Crippen LogP contribution in [-0.2, 0) is 4.79 Å². The van der Waals surface area contributed by atoms with Gasteiger partial charge in [-0.1, -0.05) is 12.2 Å². The second kappa shape index (κ2) is 3.34. The van der Waals surface area contributed by atoms with Crippen molar-refractivity contribution in [3.05, 3.63) is 12.2 Å². The van der Waals surface area contributed by atoms with Crippen LogP contribution >= 0.6 is 22.6 Å². The highest BCUT2D eigenvalue weighted by atomic mass is 127. The zero-order valence-corrected chi connectivity index (χ0v) is 7.30. The van der Waals surface area contributed by atoms with Crippen LogP contribution in [-0.4, -0.2) is 3.79 Å². The third kappa shape index (κ3) is 2.47. The van der Waals surface area contributed by atoms with Gasteiger partial charge in [0.15, 0.2) is 3.79 Å². The molecule has 0 aromatic carbocycles. The summed E-state index contributed by atoms with van der Waals surface area (Å²) in [4.78, 5) is 10.6. The Labute approximate surface area is 68.7 Å². The van der Waals surface area contributed by atoms with Crippen molar-refractivity contribution in [3.8, 4) is 0 Å². The Bertz CT molecular complexity index is 140. The minimum absolute atomic E-state index is 0.282. The smallest absolute Gasteiger partial charge is 0.192 e. The van der Waals surface area contributed by atoms with Gasteiger partial charge in [0.2, 0.25) is 0 Å². The molecule has 0 radical (unpaired) electrons. The molecule has 1 aliphatic rings. The molecule has 0 amide bonds. The van der Waals surface area contributed by atoms with Crippen LogP contribution in [0, 0.1) is 5.92 Å². The zero-order chi connectivity index (χ0) is 6.69. The van der Waals surface area contributed by atoms with Gasteiger partial charge in [0.25, 0.3) is 0 Å². The van der Waals surface area contributed by atoms with E-state index < -0.39 is 0 Å². The van der Waals surface area contributed by atoms with Crippen molar-refractivity contribution in [1.29, 1.82) is 0 Å². The Morgan fingerprint density at radius 1 is 1.78 bits per heavy atom. The summed E-state index contributed by atoms with van der Waals surface area (Å²) in [6.07, 6.45) is 7.38. The Hall–Kier alpha value is 0.140. The van der Waals surface area contributed by atoms with E-state index >= 15 is 0 Å². The van der Waals surface area contributed by atoms with Crippen molar-refractivity contribution in [2.24, 2.45) is 5.92 Å². The van der Waals surface area contributed by atoms with E-state index in [0.717, 1.165) is 12.8 Å². The number of hydrogen-bond donors (Lipinski definition) is 0. The van der Waals surface area contributed by atoms with Crippen LogP contribution < -0.4 is 0 Å². The van der Waals surface area contributed by atoms with Crippen molar-refractivity contribution in [2.75, 3.05) is 0 Å². The molecule has 1 unspecified atom stereocenters. The maximum atomic E-state index is 10.6. The fourth-order valence-electron chi connectivity index (χ4n) is 1.07. The molecule has 0 saturated heterocycles. The van der Waals surface area contributed by atoms with E-state index in [0.29, 0.717) is 5.92 Å². The SMILES string of the molecule is O=C(I)CC1C=CCC1. The molecule has 0 aromatic rings. The minimum atomic E-state index is 0.282. The molecule has 0 heterocycles. The van der Waals surface area contributed by atoms with E-state index in [9.17, 15) is 4.79 Å². The lowest BCUT2D eigenvalue weighted by Crippen LogP contribution is -1.96. The second-order valence-electron chi connectivity index (χ2n) is 2.32. The number of allylic oxidation sites excluding steroid dienone is 2. The quantitative estimate of drug-likeness (QED) is 0.408. The summed E-state index contributed by atoms with van der Waals surface area (Å²) in [5.74, 6) is 0.550. The van der Waals surface area contributed by atoms with E-state index in [1.54, 1.807) is 0 Å². The summed E-state index contributed by atoms with van der Waals surface area (Å²) < 4.78 is 0.282. The van der Waals surface area contributed by atoms with Crippen molar-refractivity contribution in [3.63, 3.8) is 0 Å². The molecule has 50 valence electrons. The molecule has 0 aromatic heterocycles. The lowest BCUT2D eigenvalue weighted by atomic mass is 10.1. The average Bonchev–Trinajstić information content (AvgIpc) is 2.15. The van der Waals surface area contributed by atoms with Gasteiger partial charge in [-0.3, -0.25) is 4.79 Å². The first-order chi connectivity index (χ1) is 4.29. The van der Waals surface area contributed by atoms with Crippen molar-refractivity contribution in [1.82, 2.24) is 0 Å². The van der Waals surface area contributed by atoms with E-state index in [-0.39, 0.29) is 3.79 Å². The van der Waals surface area contributed by atoms with E-state index in [1.165, 1.54) is 6.42 Å². The Balaban J connectivity index is 2.28. The molecule has 2 heteroatoms. The summed E-state index contributed by atoms with van der Waals surface area (Å²) in [5, 5.41) is 0. The molecule has 1 nitrogen and oxygen atoms in total. The molecule has 0 N–H and O–H groups in total. The molecule has 0 spiro atoms. The highest BCUT2D eigenvalue weighted by molar-refractivity contribution is 14.1. The highest BCUT2D eigenvalue weighted by Gasteiger charge is 2.11. The highest BCUT2D eigenvalue weighted by Crippen LogP contribution is 2.21. The van der Waals surface area contributed by atoms with Gasteiger partial charge in [-0.05, 0) is 41.4 Å². The first-order valence-corrected chi connectivity index (χ1v) is 4.22. The average molecular weight is 236 g/mol. The number of hydrogen-bond acceptors (Lipinski definition) is 1. The van der Waals surface area contributed by atoms with Crippen LogP contribution in [0.2, 0.25) is 0 Å². The molecule has 9 heavy (non-hydrogen) atoms. The van der Waals surface area contributed by atoms with Crippen LogP contribution in [0.25, 0.3) is 0 Å². The second-order valence-corrected chi connectivity index (χ2v) is 3.53. The van der Waals surface area contributed by atoms with Crippen molar-refractivity contribution < 1.29 is 4.79 Å². The monoisotopic (exact) mass is 236 g/mol. The van der Waals surface area contributed by atoms with E-state index in [1.807, 2.05) is 22.6 Å². The fourth-order valence-corrected chi connectivity index (χ4v) is 1.64. The number of rotatable bonds is 2. The van der Waals surface area contributed by atoms with Crippen molar-refractivity contribution >= 4 is 26.4 Å². The molecule has 0 aliphatic heterocycles. The molecule has 1 atom stereocenters. The van der Waals surface area contributed by atoms with Gasteiger partial charge in [-0.25, -0.2) is 0 Å². The van der Waals surface area contributed by atoms with Crippen molar-refractivity contribution in [2.45, 2.75) is 19.3 Å². The van der Waals surface area contributed by atoms with Gasteiger partial charge in [-0.2, -0.15) is 0 Å². The van der Waals surface area contributed by atoms with Gasteiger partial charge < -0.3 is 0 Å². The van der Waals surface area contributed by atoms with Crippen LogP contribution in [0.1, 0.15) is 19.3 Å². The first-order valence-electron chi connectivity index (χ1n) is 3.14. The normalized spacial score (nSPS) is 24.8. The molecule has 1 aliphatic carbocycles. The van der Waals surface area contributed by atoms with Crippen LogP contribution in [0.5, 0.6) is 0 Å². The molecule has 0 bridgehead atoms. The Morgan fingerprint density at radius 2 is 2.56 bits per heavy atom. The molecule has 1 rings (SSSR count). The number of carbonyl (C=O) groups excluding carboxylic acids is 1. The zero-order valence-electron chi connectivity index (χ0n) is 5.14. The van der Waals surface area contributed by atoms with Gasteiger partial charge >= 0.3 is 0 Å². The maximum absolute atomic E-state index is 10.6. The molecule has 0 fully saturated rings. The topological polar surface area (TPSA) is 17.1 Å². The largest absolute Gasteiger partial charge is 0.288 e. The van der Waals surface area contributed by atoms with Gasteiger partial charge in [0.05, 0.1) is 0 Å². The predicted molar refractivity (Wildman–Crippen MR) is 45.5 cm³/mol. The predicted octanol–water partition coefficient (Wildman–Crippen LogP) is 2.30. The summed E-state index contributed by atoms with van der Waals surface area (Å²) in [7, 11) is 0. The van der Waals surface area contributed by atoms with Gasteiger partial charge in [0, 0.05) is 6.42 Å². The number of halogens is 1. The lowest BCUT2D eigenvalue weighted by Gasteiger charge is -2.00. The third-order valence-electron chi connectivity index (χ3n) is 1.54. The minimum Gasteiger partial charge on any atom is -0.288 e.